The van der Waals surface area contributed by atoms with Crippen LogP contribution in [0.1, 0.15) is 99.3 Å². The molecular formula is C35H43ClO5. The number of rotatable bonds is 17. The molecular weight excluding hydrogens is 536 g/mol. The summed E-state index contributed by atoms with van der Waals surface area (Å²) in [5.74, 6) is 0.418. The zero-order valence-corrected chi connectivity index (χ0v) is 25.4. The number of hydrogen-bond donors (Lipinski definition) is 0. The van der Waals surface area contributed by atoms with Crippen molar-refractivity contribution in [1.82, 2.24) is 0 Å². The molecule has 6 heteroatoms. The third-order valence-electron chi connectivity index (χ3n) is 7.15. The van der Waals surface area contributed by atoms with Crippen LogP contribution in [-0.4, -0.2) is 25.2 Å². The van der Waals surface area contributed by atoms with Gasteiger partial charge < -0.3 is 14.2 Å². The van der Waals surface area contributed by atoms with E-state index in [4.69, 9.17) is 25.8 Å². The summed E-state index contributed by atoms with van der Waals surface area (Å²) in [6.45, 7) is 7.36. The van der Waals surface area contributed by atoms with Crippen LogP contribution in [0.4, 0.5) is 0 Å². The van der Waals surface area contributed by atoms with Crippen LogP contribution in [-0.2, 0) is 4.74 Å². The molecule has 41 heavy (non-hydrogen) atoms. The molecule has 0 saturated heterocycles. The molecule has 3 aromatic carbocycles. The predicted octanol–water partition coefficient (Wildman–Crippen LogP) is 9.95. The van der Waals surface area contributed by atoms with Crippen molar-refractivity contribution in [2.45, 2.75) is 78.6 Å². The molecule has 0 bridgehead atoms. The molecule has 0 aliphatic heterocycles. The van der Waals surface area contributed by atoms with Crippen molar-refractivity contribution < 1.29 is 23.8 Å². The molecule has 3 rings (SSSR count). The Labute approximate surface area is 250 Å². The van der Waals surface area contributed by atoms with E-state index >= 15 is 0 Å². The third kappa shape index (κ3) is 10.6. The fraction of sp³-hybridized carbons (Fsp3) is 0.429. The van der Waals surface area contributed by atoms with E-state index in [2.05, 4.69) is 13.8 Å². The summed E-state index contributed by atoms with van der Waals surface area (Å²) in [6.07, 6.45) is 10.8. The first-order valence-electron chi connectivity index (χ1n) is 14.9. The Morgan fingerprint density at radius 3 is 2.10 bits per heavy atom. The van der Waals surface area contributed by atoms with E-state index in [0.29, 0.717) is 36.2 Å². The molecule has 1 atom stereocenters. The molecule has 0 spiro atoms. The summed E-state index contributed by atoms with van der Waals surface area (Å²) >= 11 is 6.40. The van der Waals surface area contributed by atoms with Crippen LogP contribution in [0.3, 0.4) is 0 Å². The van der Waals surface area contributed by atoms with Crippen LogP contribution in [0.5, 0.6) is 11.5 Å². The van der Waals surface area contributed by atoms with Crippen molar-refractivity contribution in [3.05, 3.63) is 82.9 Å². The highest BCUT2D eigenvalue weighted by molar-refractivity contribution is 6.33. The average molecular weight is 579 g/mol. The van der Waals surface area contributed by atoms with Gasteiger partial charge in [-0.3, -0.25) is 0 Å². The van der Waals surface area contributed by atoms with Crippen LogP contribution >= 0.6 is 11.6 Å². The molecule has 5 nitrogen and oxygen atoms in total. The number of carbonyl (C=O) groups excluding carboxylic acids is 2. The van der Waals surface area contributed by atoms with Gasteiger partial charge in [-0.25, -0.2) is 9.59 Å². The van der Waals surface area contributed by atoms with Crippen molar-refractivity contribution in [1.29, 1.82) is 0 Å². The second-order valence-corrected chi connectivity index (χ2v) is 10.9. The molecule has 0 aromatic heterocycles. The lowest BCUT2D eigenvalue weighted by Gasteiger charge is -2.13. The van der Waals surface area contributed by atoms with Gasteiger partial charge in [-0.05, 0) is 59.9 Å². The Kier molecular flexibility index (Phi) is 13.7. The first kappa shape index (κ1) is 32.2. The first-order valence-corrected chi connectivity index (χ1v) is 15.3. The third-order valence-corrected chi connectivity index (χ3v) is 7.46. The van der Waals surface area contributed by atoms with Crippen molar-refractivity contribution in [3.8, 4) is 22.6 Å². The lowest BCUT2D eigenvalue weighted by molar-refractivity contribution is 0.0447. The number of ether oxygens (including phenoxy) is 3. The zero-order chi connectivity index (χ0) is 29.5. The summed E-state index contributed by atoms with van der Waals surface area (Å²) in [7, 11) is 0. The number of benzene rings is 3. The van der Waals surface area contributed by atoms with Crippen LogP contribution in [0.15, 0.2) is 66.7 Å². The molecule has 0 amide bonds. The van der Waals surface area contributed by atoms with Gasteiger partial charge in [-0.2, -0.15) is 0 Å². The highest BCUT2D eigenvalue weighted by Gasteiger charge is 2.17. The SMILES string of the molecule is CCCCCCCCCCOc1ccc(C(=O)Oc2ccc(-c3ccccc3C(=O)OCC(C)CC)cc2)c(Cl)c1. The highest BCUT2D eigenvalue weighted by atomic mass is 35.5. The van der Waals surface area contributed by atoms with Gasteiger partial charge in [0.1, 0.15) is 11.5 Å². The smallest absolute Gasteiger partial charge is 0.345 e. The fourth-order valence-electron chi connectivity index (χ4n) is 4.37. The van der Waals surface area contributed by atoms with Crippen molar-refractivity contribution in [3.63, 3.8) is 0 Å². The highest BCUT2D eigenvalue weighted by Crippen LogP contribution is 2.28. The van der Waals surface area contributed by atoms with Gasteiger partial charge in [0.25, 0.3) is 0 Å². The summed E-state index contributed by atoms with van der Waals surface area (Å²) in [5, 5.41) is 0.282. The van der Waals surface area contributed by atoms with E-state index in [1.807, 2.05) is 37.3 Å². The lowest BCUT2D eigenvalue weighted by atomic mass is 9.99. The number of hydrogen-bond acceptors (Lipinski definition) is 5. The molecule has 0 saturated carbocycles. The van der Waals surface area contributed by atoms with Crippen LogP contribution in [0.25, 0.3) is 11.1 Å². The Morgan fingerprint density at radius 1 is 0.756 bits per heavy atom. The molecule has 0 aliphatic carbocycles. The van der Waals surface area contributed by atoms with Gasteiger partial charge in [-0.15, -0.1) is 0 Å². The predicted molar refractivity (Wildman–Crippen MR) is 166 cm³/mol. The minimum atomic E-state index is -0.550. The number of esters is 2. The second-order valence-electron chi connectivity index (χ2n) is 10.5. The normalized spacial score (nSPS) is 11.6. The van der Waals surface area contributed by atoms with Gasteiger partial charge in [0.05, 0.1) is 29.4 Å². The van der Waals surface area contributed by atoms with E-state index < -0.39 is 5.97 Å². The molecule has 0 fully saturated rings. The maximum Gasteiger partial charge on any atom is 0.345 e. The molecule has 3 aromatic rings. The topological polar surface area (TPSA) is 61.8 Å². The quantitative estimate of drug-likeness (QED) is 0.0905. The number of unbranched alkanes of at least 4 members (excludes halogenated alkanes) is 7. The molecule has 0 heterocycles. The summed E-state index contributed by atoms with van der Waals surface area (Å²) < 4.78 is 16.9. The van der Waals surface area contributed by atoms with Crippen LogP contribution < -0.4 is 9.47 Å². The van der Waals surface area contributed by atoms with Crippen molar-refractivity contribution in [2.24, 2.45) is 5.92 Å². The second kappa shape index (κ2) is 17.5. The number of carbonyl (C=O) groups is 2. The molecule has 0 aliphatic rings. The van der Waals surface area contributed by atoms with Gasteiger partial charge in [0.15, 0.2) is 0 Å². The average Bonchev–Trinajstić information content (AvgIpc) is 2.99. The van der Waals surface area contributed by atoms with E-state index in [9.17, 15) is 9.59 Å². The molecule has 220 valence electrons. The summed E-state index contributed by atoms with van der Waals surface area (Å²) in [6, 6.07) is 19.4. The minimum Gasteiger partial charge on any atom is -0.494 e. The Bertz CT molecular complexity index is 1240. The Hall–Kier alpha value is -3.31. The number of halogens is 1. The maximum absolute atomic E-state index is 12.8. The van der Waals surface area contributed by atoms with E-state index in [0.717, 1.165) is 30.4 Å². The van der Waals surface area contributed by atoms with Gasteiger partial charge in [0, 0.05) is 0 Å². The van der Waals surface area contributed by atoms with Crippen LogP contribution in [0.2, 0.25) is 5.02 Å². The lowest BCUT2D eigenvalue weighted by Crippen LogP contribution is -2.12. The monoisotopic (exact) mass is 578 g/mol. The van der Waals surface area contributed by atoms with Gasteiger partial charge in [0.2, 0.25) is 0 Å². The molecule has 0 radical (unpaired) electrons. The minimum absolute atomic E-state index is 0.268. The standard InChI is InChI=1S/C35H43ClO5/c1-4-6-7-8-9-10-11-14-23-39-29-21-22-32(33(36)24-29)35(38)41-28-19-17-27(18-20-28)30-15-12-13-16-31(30)34(37)40-25-26(3)5-2/h12-13,15-22,24,26H,4-11,14,23,25H2,1-3H3. The summed E-state index contributed by atoms with van der Waals surface area (Å²) in [5.41, 5.74) is 2.34. The largest absolute Gasteiger partial charge is 0.494 e. The van der Waals surface area contributed by atoms with Gasteiger partial charge in [-0.1, -0.05) is 114 Å². The molecule has 0 N–H and O–H groups in total. The zero-order valence-electron chi connectivity index (χ0n) is 24.6. The first-order chi connectivity index (χ1) is 19.9. The van der Waals surface area contributed by atoms with Crippen molar-refractivity contribution in [2.75, 3.05) is 13.2 Å². The van der Waals surface area contributed by atoms with E-state index in [1.165, 1.54) is 38.5 Å². The van der Waals surface area contributed by atoms with E-state index in [-0.39, 0.29) is 16.6 Å². The van der Waals surface area contributed by atoms with Gasteiger partial charge >= 0.3 is 11.9 Å². The van der Waals surface area contributed by atoms with Crippen LogP contribution in [0, 0.1) is 5.92 Å². The fourth-order valence-corrected chi connectivity index (χ4v) is 4.62. The molecule has 1 unspecified atom stereocenters. The Balaban J connectivity index is 1.52. The van der Waals surface area contributed by atoms with E-state index in [1.54, 1.807) is 36.4 Å². The maximum atomic E-state index is 12.8. The Morgan fingerprint density at radius 2 is 1.41 bits per heavy atom. The van der Waals surface area contributed by atoms with Crippen molar-refractivity contribution >= 4 is 23.5 Å². The summed E-state index contributed by atoms with van der Waals surface area (Å²) in [4.78, 5) is 25.5.